The number of ether oxygens (including phenoxy) is 3. The molecule has 8 heteroatoms. The van der Waals surface area contributed by atoms with Crippen LogP contribution in [0, 0.1) is 5.82 Å². The molecule has 6 nitrogen and oxygen atoms in total. The fraction of sp³-hybridized carbons (Fsp3) is 0.143. The third kappa shape index (κ3) is 5.95. The molecule has 0 fully saturated rings. The SMILES string of the molecule is CCOC(=O)C1=C(O)/C(=C/c2ccc(OCc3cccc(F)c3)c(OC)c2)SC1=Nc1ccccc1. The summed E-state index contributed by atoms with van der Waals surface area (Å²) in [6.45, 7) is 2.05. The second-order valence-electron chi connectivity index (χ2n) is 7.64. The minimum Gasteiger partial charge on any atom is -0.506 e. The predicted octanol–water partition coefficient (Wildman–Crippen LogP) is 6.61. The highest BCUT2D eigenvalue weighted by Crippen LogP contribution is 2.41. The fourth-order valence-corrected chi connectivity index (χ4v) is 4.48. The molecule has 1 heterocycles. The van der Waals surface area contributed by atoms with Gasteiger partial charge in [-0.3, -0.25) is 0 Å². The lowest BCUT2D eigenvalue weighted by Gasteiger charge is -2.12. The smallest absolute Gasteiger partial charge is 0.344 e. The Morgan fingerprint density at radius 1 is 1.06 bits per heavy atom. The first-order valence-corrected chi connectivity index (χ1v) is 12.0. The lowest BCUT2D eigenvalue weighted by molar-refractivity contribution is -0.138. The van der Waals surface area contributed by atoms with Gasteiger partial charge < -0.3 is 19.3 Å². The van der Waals surface area contributed by atoms with Crippen LogP contribution in [-0.4, -0.2) is 29.8 Å². The minimum atomic E-state index is -0.640. The second kappa shape index (κ2) is 11.6. The molecule has 0 atom stereocenters. The first-order chi connectivity index (χ1) is 17.5. The minimum absolute atomic E-state index is 0.0268. The van der Waals surface area contributed by atoms with Crippen LogP contribution in [0.25, 0.3) is 6.08 Å². The molecule has 0 aliphatic carbocycles. The number of aliphatic hydroxyl groups is 1. The third-order valence-corrected chi connectivity index (χ3v) is 6.15. The summed E-state index contributed by atoms with van der Waals surface area (Å²) in [5.74, 6) is -0.209. The fourth-order valence-electron chi connectivity index (χ4n) is 3.44. The number of aliphatic hydroxyl groups excluding tert-OH is 1. The van der Waals surface area contributed by atoms with Gasteiger partial charge in [-0.1, -0.05) is 48.2 Å². The molecule has 0 spiro atoms. The van der Waals surface area contributed by atoms with Crippen LogP contribution in [0.2, 0.25) is 0 Å². The molecule has 3 aromatic carbocycles. The van der Waals surface area contributed by atoms with Gasteiger partial charge in [0.2, 0.25) is 0 Å². The van der Waals surface area contributed by atoms with E-state index in [0.29, 0.717) is 38.3 Å². The molecule has 0 amide bonds. The average molecular weight is 506 g/mol. The number of thioether (sulfide) groups is 1. The Bertz CT molecular complexity index is 1350. The Labute approximate surface area is 212 Å². The van der Waals surface area contributed by atoms with Gasteiger partial charge >= 0.3 is 5.97 Å². The van der Waals surface area contributed by atoms with E-state index >= 15 is 0 Å². The highest BCUT2D eigenvalue weighted by atomic mass is 32.2. The van der Waals surface area contributed by atoms with Crippen molar-refractivity contribution in [2.45, 2.75) is 13.5 Å². The molecule has 0 bridgehead atoms. The van der Waals surface area contributed by atoms with Crippen LogP contribution in [0.1, 0.15) is 18.1 Å². The standard InChI is InChI=1S/C28H24FNO5S/c1-3-34-28(32)25-26(31)24(36-27(25)30-21-10-5-4-6-11-21)16-18-12-13-22(23(15-18)33-2)35-17-19-8-7-9-20(29)14-19/h4-16,31H,3,17H2,1-2H3/b24-16-,30-27?. The Morgan fingerprint density at radius 2 is 1.86 bits per heavy atom. The molecule has 1 aliphatic heterocycles. The molecule has 0 radical (unpaired) electrons. The van der Waals surface area contributed by atoms with Gasteiger partial charge in [-0.15, -0.1) is 0 Å². The summed E-state index contributed by atoms with van der Waals surface area (Å²) in [5, 5.41) is 11.2. The molecule has 0 saturated carbocycles. The number of halogens is 1. The van der Waals surface area contributed by atoms with Crippen molar-refractivity contribution in [1.29, 1.82) is 0 Å². The number of para-hydroxylation sites is 1. The number of carbonyl (C=O) groups is 1. The normalized spacial score (nSPS) is 15.4. The Balaban J connectivity index is 1.61. The Morgan fingerprint density at radius 3 is 2.58 bits per heavy atom. The van der Waals surface area contributed by atoms with Crippen molar-refractivity contribution in [2.24, 2.45) is 4.99 Å². The third-order valence-electron chi connectivity index (χ3n) is 5.13. The molecule has 3 aromatic rings. The quantitative estimate of drug-likeness (QED) is 0.347. The molecule has 1 aliphatic rings. The van der Waals surface area contributed by atoms with Crippen LogP contribution in [0.3, 0.4) is 0 Å². The van der Waals surface area contributed by atoms with Crippen molar-refractivity contribution in [1.82, 2.24) is 0 Å². The number of hydrogen-bond donors (Lipinski definition) is 1. The summed E-state index contributed by atoms with van der Waals surface area (Å²) in [4.78, 5) is 17.6. The van der Waals surface area contributed by atoms with E-state index in [-0.39, 0.29) is 30.4 Å². The van der Waals surface area contributed by atoms with Crippen LogP contribution in [0.5, 0.6) is 11.5 Å². The molecule has 0 unspecified atom stereocenters. The maximum atomic E-state index is 13.4. The lowest BCUT2D eigenvalue weighted by atomic mass is 10.1. The number of esters is 1. The monoisotopic (exact) mass is 505 g/mol. The van der Waals surface area contributed by atoms with Crippen molar-refractivity contribution in [3.63, 3.8) is 0 Å². The van der Waals surface area contributed by atoms with Crippen LogP contribution in [-0.2, 0) is 16.1 Å². The van der Waals surface area contributed by atoms with Gasteiger partial charge in [0, 0.05) is 0 Å². The van der Waals surface area contributed by atoms with Crippen molar-refractivity contribution >= 4 is 34.5 Å². The van der Waals surface area contributed by atoms with E-state index < -0.39 is 5.97 Å². The average Bonchev–Trinajstić information content (AvgIpc) is 3.18. The summed E-state index contributed by atoms with van der Waals surface area (Å²) in [7, 11) is 1.52. The van der Waals surface area contributed by atoms with E-state index in [1.165, 1.54) is 31.0 Å². The Kier molecular flexibility index (Phi) is 8.07. The van der Waals surface area contributed by atoms with E-state index in [0.717, 1.165) is 0 Å². The molecule has 0 saturated heterocycles. The topological polar surface area (TPSA) is 77.4 Å². The number of aliphatic imine (C=N–C) groups is 1. The van der Waals surface area contributed by atoms with Crippen molar-refractivity contribution in [3.8, 4) is 11.5 Å². The maximum absolute atomic E-state index is 13.4. The molecule has 184 valence electrons. The van der Waals surface area contributed by atoms with Crippen LogP contribution >= 0.6 is 11.8 Å². The number of benzene rings is 3. The molecule has 0 aromatic heterocycles. The van der Waals surface area contributed by atoms with Crippen LogP contribution in [0.15, 0.2) is 94.0 Å². The van der Waals surface area contributed by atoms with Gasteiger partial charge in [-0.2, -0.15) is 0 Å². The summed E-state index contributed by atoms with van der Waals surface area (Å²) < 4.78 is 29.9. The number of hydrogen-bond acceptors (Lipinski definition) is 7. The zero-order chi connectivity index (χ0) is 25.5. The van der Waals surface area contributed by atoms with Crippen molar-refractivity contribution in [3.05, 3.63) is 106 Å². The van der Waals surface area contributed by atoms with Crippen molar-refractivity contribution < 1.29 is 28.5 Å². The van der Waals surface area contributed by atoms with E-state index in [1.54, 1.807) is 43.3 Å². The highest BCUT2D eigenvalue weighted by molar-refractivity contribution is 8.18. The van der Waals surface area contributed by atoms with E-state index in [2.05, 4.69) is 4.99 Å². The van der Waals surface area contributed by atoms with Gasteiger partial charge in [0.1, 0.15) is 28.8 Å². The number of nitrogens with zero attached hydrogens (tertiary/aromatic N) is 1. The van der Waals surface area contributed by atoms with E-state index in [9.17, 15) is 14.3 Å². The summed E-state index contributed by atoms with van der Waals surface area (Å²) >= 11 is 1.18. The largest absolute Gasteiger partial charge is 0.506 e. The lowest BCUT2D eigenvalue weighted by Crippen LogP contribution is -2.12. The molecular weight excluding hydrogens is 481 g/mol. The van der Waals surface area contributed by atoms with Crippen LogP contribution in [0.4, 0.5) is 10.1 Å². The molecule has 4 rings (SSSR count). The first kappa shape index (κ1) is 25.1. The summed E-state index contributed by atoms with van der Waals surface area (Å²) in [5.41, 5.74) is 2.08. The highest BCUT2D eigenvalue weighted by Gasteiger charge is 2.33. The van der Waals surface area contributed by atoms with Gasteiger partial charge in [0.05, 0.1) is 24.3 Å². The number of methoxy groups -OCH3 is 1. The zero-order valence-corrected chi connectivity index (χ0v) is 20.5. The first-order valence-electron chi connectivity index (χ1n) is 11.2. The summed E-state index contributed by atoms with van der Waals surface area (Å²) in [6.07, 6.45) is 1.73. The zero-order valence-electron chi connectivity index (χ0n) is 19.7. The predicted molar refractivity (Wildman–Crippen MR) is 139 cm³/mol. The van der Waals surface area contributed by atoms with Crippen molar-refractivity contribution in [2.75, 3.05) is 13.7 Å². The van der Waals surface area contributed by atoms with Crippen LogP contribution < -0.4 is 9.47 Å². The molecule has 36 heavy (non-hydrogen) atoms. The molecular formula is C28H24FNO5S. The van der Waals surface area contributed by atoms with Gasteiger partial charge in [-0.25, -0.2) is 14.2 Å². The number of rotatable bonds is 8. The van der Waals surface area contributed by atoms with Gasteiger partial charge in [0.15, 0.2) is 11.5 Å². The second-order valence-corrected chi connectivity index (χ2v) is 8.67. The van der Waals surface area contributed by atoms with E-state index in [1.807, 2.05) is 30.3 Å². The maximum Gasteiger partial charge on any atom is 0.344 e. The van der Waals surface area contributed by atoms with Gasteiger partial charge in [-0.05, 0) is 60.5 Å². The van der Waals surface area contributed by atoms with Gasteiger partial charge in [0.25, 0.3) is 0 Å². The Hall–Kier alpha value is -4.04. The molecule has 1 N–H and O–H groups in total. The number of carbonyl (C=O) groups excluding carboxylic acids is 1. The van der Waals surface area contributed by atoms with E-state index in [4.69, 9.17) is 14.2 Å². The summed E-state index contributed by atoms with van der Waals surface area (Å²) in [6, 6.07) is 20.6.